The molecule has 1 unspecified atom stereocenters. The third-order valence-corrected chi connectivity index (χ3v) is 3.79. The highest BCUT2D eigenvalue weighted by molar-refractivity contribution is 5.89. The van der Waals surface area contributed by atoms with E-state index < -0.39 is 18.1 Å². The molecule has 0 radical (unpaired) electrons. The summed E-state index contributed by atoms with van der Waals surface area (Å²) >= 11 is 0. The molecule has 0 saturated carbocycles. The summed E-state index contributed by atoms with van der Waals surface area (Å²) in [7, 11) is 0.500. The number of alkyl halides is 3. The fourth-order valence-corrected chi connectivity index (χ4v) is 2.58. The van der Waals surface area contributed by atoms with Gasteiger partial charge < -0.3 is 4.90 Å². The Hall–Kier alpha value is -1.85. The molecule has 0 spiro atoms. The van der Waals surface area contributed by atoms with Crippen LogP contribution in [0.4, 0.5) is 13.2 Å². The van der Waals surface area contributed by atoms with E-state index in [1.807, 2.05) is 37.3 Å². The van der Waals surface area contributed by atoms with Crippen molar-refractivity contribution in [3.8, 4) is 0 Å². The lowest BCUT2D eigenvalue weighted by Crippen LogP contribution is -2.31. The molecule has 0 N–H and O–H groups in total. The molecular formula is C16H20F3NO2. The summed E-state index contributed by atoms with van der Waals surface area (Å²) in [5.74, 6) is -1.93. The molecule has 1 aromatic carbocycles. The number of nitrogens with zero attached hydrogens (tertiary/aromatic N) is 1. The predicted octanol–water partition coefficient (Wildman–Crippen LogP) is 3.41. The zero-order valence-corrected chi connectivity index (χ0v) is 12.6. The summed E-state index contributed by atoms with van der Waals surface area (Å²) in [6.45, 7) is 2.42. The SMILES string of the molecule is CF.C[C@H](c1ccccc1)N1CCC(CC(=O)C(F)F)C1=O. The van der Waals surface area contributed by atoms with E-state index in [9.17, 15) is 22.8 Å². The van der Waals surface area contributed by atoms with Crippen LogP contribution in [-0.4, -0.2) is 36.7 Å². The lowest BCUT2D eigenvalue weighted by Gasteiger charge is -2.25. The molecular weight excluding hydrogens is 295 g/mol. The molecule has 0 aliphatic carbocycles. The Bertz CT molecular complexity index is 493. The van der Waals surface area contributed by atoms with E-state index in [1.165, 1.54) is 0 Å². The Morgan fingerprint density at radius 3 is 2.41 bits per heavy atom. The van der Waals surface area contributed by atoms with Gasteiger partial charge in [0.25, 0.3) is 6.43 Å². The van der Waals surface area contributed by atoms with Crippen LogP contribution >= 0.6 is 0 Å². The average molecular weight is 315 g/mol. The van der Waals surface area contributed by atoms with E-state index in [1.54, 1.807) is 4.90 Å². The topological polar surface area (TPSA) is 37.4 Å². The molecule has 22 heavy (non-hydrogen) atoms. The minimum atomic E-state index is -2.98. The lowest BCUT2D eigenvalue weighted by atomic mass is 10.0. The van der Waals surface area contributed by atoms with E-state index in [0.717, 1.165) is 5.56 Å². The van der Waals surface area contributed by atoms with Crippen LogP contribution < -0.4 is 0 Å². The quantitative estimate of drug-likeness (QED) is 0.835. The zero-order chi connectivity index (χ0) is 16.7. The number of carbonyl (C=O) groups excluding carboxylic acids is 2. The fraction of sp³-hybridized carbons (Fsp3) is 0.500. The highest BCUT2D eigenvalue weighted by atomic mass is 19.3. The van der Waals surface area contributed by atoms with Crippen molar-refractivity contribution < 1.29 is 22.8 Å². The van der Waals surface area contributed by atoms with Gasteiger partial charge in [-0.15, -0.1) is 0 Å². The van der Waals surface area contributed by atoms with Crippen LogP contribution in [0.25, 0.3) is 0 Å². The van der Waals surface area contributed by atoms with Crippen LogP contribution in [0.2, 0.25) is 0 Å². The first-order chi connectivity index (χ1) is 10.5. The smallest absolute Gasteiger partial charge is 0.296 e. The second-order valence-corrected chi connectivity index (χ2v) is 5.08. The molecule has 3 nitrogen and oxygen atoms in total. The van der Waals surface area contributed by atoms with Gasteiger partial charge in [0.15, 0.2) is 5.78 Å². The van der Waals surface area contributed by atoms with Crippen molar-refractivity contribution in [2.75, 3.05) is 13.7 Å². The first-order valence-electron chi connectivity index (χ1n) is 7.04. The summed E-state index contributed by atoms with van der Waals surface area (Å²) < 4.78 is 34.0. The van der Waals surface area contributed by atoms with Gasteiger partial charge in [-0.25, -0.2) is 8.78 Å². The number of amides is 1. The molecule has 122 valence electrons. The van der Waals surface area contributed by atoms with E-state index in [0.29, 0.717) is 20.1 Å². The third kappa shape index (κ3) is 4.32. The van der Waals surface area contributed by atoms with Crippen LogP contribution in [0.15, 0.2) is 30.3 Å². The highest BCUT2D eigenvalue weighted by Crippen LogP contribution is 2.30. The molecule has 1 aliphatic heterocycles. The fourth-order valence-electron chi connectivity index (χ4n) is 2.58. The van der Waals surface area contributed by atoms with Crippen molar-refractivity contribution in [2.24, 2.45) is 5.92 Å². The summed E-state index contributed by atoms with van der Waals surface area (Å²) in [6, 6.07) is 9.43. The Labute approximate surface area is 128 Å². The number of likely N-dealkylation sites (tertiary alicyclic amines) is 1. The number of ketones is 1. The van der Waals surface area contributed by atoms with Gasteiger partial charge in [0.05, 0.1) is 13.2 Å². The maximum Gasteiger partial charge on any atom is 0.296 e. The summed E-state index contributed by atoms with van der Waals surface area (Å²) in [4.78, 5) is 24.9. The Morgan fingerprint density at radius 1 is 1.27 bits per heavy atom. The van der Waals surface area contributed by atoms with Crippen LogP contribution in [0, 0.1) is 5.92 Å². The summed E-state index contributed by atoms with van der Waals surface area (Å²) in [5, 5.41) is 0. The normalized spacial score (nSPS) is 18.9. The summed E-state index contributed by atoms with van der Waals surface area (Å²) in [6.07, 6.45) is -2.87. The predicted molar refractivity (Wildman–Crippen MR) is 77.3 cm³/mol. The van der Waals surface area contributed by atoms with Crippen LogP contribution in [0.1, 0.15) is 31.4 Å². The van der Waals surface area contributed by atoms with E-state index in [2.05, 4.69) is 0 Å². The first kappa shape index (κ1) is 18.2. The Morgan fingerprint density at radius 2 is 1.86 bits per heavy atom. The van der Waals surface area contributed by atoms with Crippen LogP contribution in [-0.2, 0) is 9.59 Å². The van der Waals surface area contributed by atoms with Gasteiger partial charge in [0.1, 0.15) is 0 Å². The molecule has 2 rings (SSSR count). The molecule has 1 amide bonds. The molecule has 1 aliphatic rings. The van der Waals surface area contributed by atoms with Gasteiger partial charge in [-0.05, 0) is 18.9 Å². The molecule has 1 heterocycles. The van der Waals surface area contributed by atoms with Gasteiger partial charge >= 0.3 is 0 Å². The van der Waals surface area contributed by atoms with E-state index >= 15 is 0 Å². The standard InChI is InChI=1S/C15H17F2NO2.CH3F/c1-10(11-5-3-2-4-6-11)18-8-7-12(15(18)20)9-13(19)14(16)17;1-2/h2-6,10,12,14H,7-9H2,1H3;1H3/t10-,12?;/m1./s1. The van der Waals surface area contributed by atoms with Gasteiger partial charge in [-0.1, -0.05) is 30.3 Å². The number of carbonyl (C=O) groups is 2. The molecule has 6 heteroatoms. The van der Waals surface area contributed by atoms with Gasteiger partial charge in [0, 0.05) is 18.9 Å². The number of benzene rings is 1. The number of Topliss-reactive ketones (excluding diaryl/α,β-unsaturated/α-hetero) is 1. The lowest BCUT2D eigenvalue weighted by molar-refractivity contribution is -0.137. The van der Waals surface area contributed by atoms with Gasteiger partial charge in [-0.3, -0.25) is 14.0 Å². The third-order valence-electron chi connectivity index (χ3n) is 3.79. The van der Waals surface area contributed by atoms with Crippen LogP contribution in [0.5, 0.6) is 0 Å². The molecule has 1 saturated heterocycles. The van der Waals surface area contributed by atoms with E-state index in [-0.39, 0.29) is 18.4 Å². The second kappa shape index (κ2) is 8.56. The Kier molecular flexibility index (Phi) is 7.08. The minimum absolute atomic E-state index is 0.102. The van der Waals surface area contributed by atoms with E-state index in [4.69, 9.17) is 0 Å². The van der Waals surface area contributed by atoms with Crippen molar-refractivity contribution in [1.82, 2.24) is 4.90 Å². The highest BCUT2D eigenvalue weighted by Gasteiger charge is 2.37. The van der Waals surface area contributed by atoms with Crippen molar-refractivity contribution in [1.29, 1.82) is 0 Å². The molecule has 2 atom stereocenters. The second-order valence-electron chi connectivity index (χ2n) is 5.08. The number of hydrogen-bond acceptors (Lipinski definition) is 2. The van der Waals surface area contributed by atoms with Gasteiger partial charge in [0.2, 0.25) is 5.91 Å². The first-order valence-corrected chi connectivity index (χ1v) is 7.04. The Balaban J connectivity index is 0.00000116. The van der Waals surface area contributed by atoms with Crippen molar-refractivity contribution in [3.63, 3.8) is 0 Å². The molecule has 0 bridgehead atoms. The molecule has 1 fully saturated rings. The maximum absolute atomic E-state index is 12.3. The largest absolute Gasteiger partial charge is 0.336 e. The number of halogens is 3. The van der Waals surface area contributed by atoms with Crippen LogP contribution in [0.3, 0.4) is 0 Å². The molecule has 1 aromatic rings. The minimum Gasteiger partial charge on any atom is -0.336 e. The number of rotatable bonds is 5. The number of hydrogen-bond donors (Lipinski definition) is 0. The molecule has 0 aromatic heterocycles. The zero-order valence-electron chi connectivity index (χ0n) is 12.6. The van der Waals surface area contributed by atoms with Crippen molar-refractivity contribution in [2.45, 2.75) is 32.2 Å². The van der Waals surface area contributed by atoms with Crippen molar-refractivity contribution in [3.05, 3.63) is 35.9 Å². The summed E-state index contributed by atoms with van der Waals surface area (Å²) in [5.41, 5.74) is 1.00. The van der Waals surface area contributed by atoms with Crippen molar-refractivity contribution >= 4 is 11.7 Å². The monoisotopic (exact) mass is 315 g/mol. The van der Waals surface area contributed by atoms with Gasteiger partial charge in [-0.2, -0.15) is 0 Å². The maximum atomic E-state index is 12.3. The average Bonchev–Trinajstić information content (AvgIpc) is 2.90.